The molecule has 2 saturated heterocycles. The summed E-state index contributed by atoms with van der Waals surface area (Å²) in [6, 6.07) is 28.2. The summed E-state index contributed by atoms with van der Waals surface area (Å²) < 4.78 is 2.58. The quantitative estimate of drug-likeness (QED) is 0.179. The van der Waals surface area contributed by atoms with Gasteiger partial charge in [-0.25, -0.2) is 9.98 Å². The van der Waals surface area contributed by atoms with Crippen molar-refractivity contribution in [3.63, 3.8) is 0 Å². The molecule has 5 heterocycles. The highest BCUT2D eigenvalue weighted by Crippen LogP contribution is 2.67. The van der Waals surface area contributed by atoms with E-state index in [9.17, 15) is 0 Å². The Morgan fingerprint density at radius 2 is 1.64 bits per heavy atom. The van der Waals surface area contributed by atoms with E-state index < -0.39 is 0 Å². The first kappa shape index (κ1) is 47.7. The third-order valence-corrected chi connectivity index (χ3v) is 23.3. The second-order valence-electron chi connectivity index (χ2n) is 24.1. The summed E-state index contributed by atoms with van der Waals surface area (Å²) in [7, 11) is 0. The highest BCUT2D eigenvalue weighted by Gasteiger charge is 2.59. The number of aromatic nitrogens is 1. The van der Waals surface area contributed by atoms with E-state index in [-0.39, 0.29) is 10.9 Å². The molecule has 3 aromatic carbocycles. The minimum Gasteiger partial charge on any atom is -0.351 e. The fourth-order valence-corrected chi connectivity index (χ4v) is 20.3. The lowest BCUT2D eigenvalue weighted by Gasteiger charge is -2.40. The fourth-order valence-electron chi connectivity index (χ4n) is 16.3. The summed E-state index contributed by atoms with van der Waals surface area (Å²) in [5, 5.41) is 6.55. The van der Waals surface area contributed by atoms with Gasteiger partial charge in [-0.2, -0.15) is 0 Å². The molecule has 11 atom stereocenters. The van der Waals surface area contributed by atoms with Crippen molar-refractivity contribution in [2.45, 2.75) is 117 Å². The third kappa shape index (κ3) is 7.63. The van der Waals surface area contributed by atoms with Gasteiger partial charge in [0.1, 0.15) is 12.0 Å². The summed E-state index contributed by atoms with van der Waals surface area (Å²) in [4.78, 5) is 13.7. The highest BCUT2D eigenvalue weighted by molar-refractivity contribution is 8.02. The van der Waals surface area contributed by atoms with Gasteiger partial charge in [0.05, 0.1) is 15.5 Å². The molecule has 78 heavy (non-hydrogen) atoms. The molecule has 0 spiro atoms. The van der Waals surface area contributed by atoms with Gasteiger partial charge in [0, 0.05) is 80.0 Å². The molecule has 12 aliphatic rings. The van der Waals surface area contributed by atoms with E-state index >= 15 is 0 Å². The normalized spacial score (nSPS) is 32.8. The third-order valence-electron chi connectivity index (χ3n) is 19.8. The van der Waals surface area contributed by atoms with Gasteiger partial charge in [-0.15, -0.1) is 23.5 Å². The Balaban J connectivity index is 0.790. The second-order valence-corrected chi connectivity index (χ2v) is 27.0. The number of para-hydroxylation sites is 2. The molecular formula is C71H69N5S2. The van der Waals surface area contributed by atoms with Gasteiger partial charge in [-0.05, 0) is 159 Å². The van der Waals surface area contributed by atoms with Crippen LogP contribution in [0.2, 0.25) is 0 Å². The van der Waals surface area contributed by atoms with E-state index in [4.69, 9.17) is 9.98 Å². The lowest BCUT2D eigenvalue weighted by Crippen LogP contribution is -2.43. The first-order valence-corrected chi connectivity index (χ1v) is 31.5. The number of fused-ring (bicyclic) bond motifs is 13. The monoisotopic (exact) mass is 1060 g/mol. The van der Waals surface area contributed by atoms with Crippen LogP contribution >= 0.6 is 23.5 Å². The van der Waals surface area contributed by atoms with Crippen LogP contribution in [0, 0.1) is 35.5 Å². The van der Waals surface area contributed by atoms with Crippen molar-refractivity contribution >= 4 is 74.7 Å². The van der Waals surface area contributed by atoms with Crippen LogP contribution in [0.15, 0.2) is 203 Å². The summed E-state index contributed by atoms with van der Waals surface area (Å²) in [5.41, 5.74) is 20.1. The van der Waals surface area contributed by atoms with Gasteiger partial charge in [0.2, 0.25) is 0 Å². The fraction of sp³-hybridized carbons (Fsp3) is 0.352. The van der Waals surface area contributed by atoms with E-state index in [1.807, 2.05) is 0 Å². The number of aliphatic imine (C=N–C) groups is 2. The molecule has 8 aliphatic carbocycles. The van der Waals surface area contributed by atoms with E-state index in [1.54, 1.807) is 11.1 Å². The minimum absolute atomic E-state index is 0.101. The Labute approximate surface area is 469 Å². The molecule has 4 aromatic rings. The van der Waals surface area contributed by atoms with Crippen molar-refractivity contribution < 1.29 is 0 Å². The number of nitrogens with one attached hydrogen (secondary N) is 1. The van der Waals surface area contributed by atoms with Gasteiger partial charge in [-0.3, -0.25) is 0 Å². The topological polar surface area (TPSA) is 44.9 Å². The molecule has 4 aliphatic heterocycles. The molecule has 11 unspecified atom stereocenters. The van der Waals surface area contributed by atoms with E-state index in [0.717, 1.165) is 75.9 Å². The zero-order valence-corrected chi connectivity index (χ0v) is 46.4. The average molecular weight is 1060 g/mol. The van der Waals surface area contributed by atoms with Crippen LogP contribution in [-0.4, -0.2) is 37.7 Å². The molecular weight excluding hydrogens is 987 g/mol. The molecule has 1 aromatic heterocycles. The van der Waals surface area contributed by atoms with Crippen LogP contribution < -0.4 is 10.2 Å². The minimum atomic E-state index is -0.123. The lowest BCUT2D eigenvalue weighted by atomic mass is 9.71. The summed E-state index contributed by atoms with van der Waals surface area (Å²) >= 11 is 4.51. The molecule has 7 heteroatoms. The van der Waals surface area contributed by atoms with Crippen molar-refractivity contribution in [3.8, 4) is 0 Å². The first-order chi connectivity index (χ1) is 38.6. The van der Waals surface area contributed by atoms with Crippen molar-refractivity contribution in [3.05, 3.63) is 221 Å². The number of anilines is 1. The van der Waals surface area contributed by atoms with Crippen molar-refractivity contribution in [2.24, 2.45) is 45.5 Å². The number of benzene rings is 3. The molecule has 0 amide bonds. The molecule has 390 valence electrons. The number of amidine groups is 2. The zero-order chi connectivity index (χ0) is 51.5. The molecule has 0 saturated carbocycles. The standard InChI is InChI=1S/C71H69N5S2/c1-71-60(41-40-58-53-29-15-17-35-62(53)76(68(58)71)49-26-12-5-13-27-49)59-33-19-31-55(66(59)78-71)50-37-36-46(42-47(50)43-63-72-69(44-20-6-2-7-21-44)74-70(73-63)45-22-8-3-9-23-45)51-30-18-32-56-57-39-38-54-52-28-14-16-34-61(52)75(48-24-10-4-11-25-48)64(54)67(57)77-65(51)56/h2-6,8,10,12-14,16,19-20,24,26-28,30-31,33-42,45,53,56-57,59-60,63,65-67H,7,9,11,15,17-18,21-23,25,29,32,43H2,1H3,(H,72,73,74). The predicted molar refractivity (Wildman–Crippen MR) is 331 cm³/mol. The van der Waals surface area contributed by atoms with Crippen LogP contribution in [0.1, 0.15) is 117 Å². The van der Waals surface area contributed by atoms with Gasteiger partial charge in [-0.1, -0.05) is 152 Å². The van der Waals surface area contributed by atoms with Gasteiger partial charge >= 0.3 is 0 Å². The highest BCUT2D eigenvalue weighted by atomic mass is 32.2. The molecule has 0 radical (unpaired) electrons. The van der Waals surface area contributed by atoms with E-state index in [0.29, 0.717) is 51.3 Å². The maximum atomic E-state index is 5.60. The van der Waals surface area contributed by atoms with Gasteiger partial charge in [0.25, 0.3) is 0 Å². The number of nitrogens with zero attached hydrogens (tertiary/aromatic N) is 4. The van der Waals surface area contributed by atoms with Crippen LogP contribution in [0.4, 0.5) is 5.69 Å². The molecule has 2 fully saturated rings. The maximum absolute atomic E-state index is 5.60. The number of thioether (sulfide) groups is 2. The van der Waals surface area contributed by atoms with Crippen LogP contribution in [0.25, 0.3) is 33.8 Å². The molecule has 0 bridgehead atoms. The van der Waals surface area contributed by atoms with Crippen LogP contribution in [-0.2, 0) is 6.42 Å². The number of hydrogen-bond donors (Lipinski definition) is 1. The van der Waals surface area contributed by atoms with E-state index in [1.165, 1.54) is 92.0 Å². The van der Waals surface area contributed by atoms with Crippen LogP contribution in [0.3, 0.4) is 0 Å². The Morgan fingerprint density at radius 3 is 2.51 bits per heavy atom. The van der Waals surface area contributed by atoms with Gasteiger partial charge in [0.15, 0.2) is 5.84 Å². The largest absolute Gasteiger partial charge is 0.351 e. The smallest absolute Gasteiger partial charge is 0.154 e. The van der Waals surface area contributed by atoms with Crippen LogP contribution in [0.5, 0.6) is 0 Å². The summed E-state index contributed by atoms with van der Waals surface area (Å²) in [6.45, 7) is 2.60. The Hall–Kier alpha value is -6.28. The Kier molecular flexibility index (Phi) is 11.8. The van der Waals surface area contributed by atoms with Crippen molar-refractivity contribution in [2.75, 3.05) is 4.90 Å². The summed E-state index contributed by atoms with van der Waals surface area (Å²) in [6.07, 6.45) is 55.6. The van der Waals surface area contributed by atoms with Crippen molar-refractivity contribution in [1.29, 1.82) is 0 Å². The predicted octanol–water partition coefficient (Wildman–Crippen LogP) is 17.1. The number of allylic oxidation sites excluding steroid dienone is 18. The molecule has 1 N–H and O–H groups in total. The average Bonchev–Trinajstić information content (AvgIpc) is 3.69. The second kappa shape index (κ2) is 19.2. The first-order valence-electron chi connectivity index (χ1n) is 29.7. The Morgan fingerprint density at radius 1 is 0.744 bits per heavy atom. The zero-order valence-electron chi connectivity index (χ0n) is 44.8. The molecule has 5 nitrogen and oxygen atoms in total. The Bertz CT molecular complexity index is 3630. The lowest BCUT2D eigenvalue weighted by molar-refractivity contribution is 0.392. The van der Waals surface area contributed by atoms with Crippen molar-refractivity contribution in [1.82, 2.24) is 9.88 Å². The maximum Gasteiger partial charge on any atom is 0.154 e. The number of rotatable bonds is 8. The summed E-state index contributed by atoms with van der Waals surface area (Å²) in [5.74, 6) is 4.74. The number of hydrogen-bond acceptors (Lipinski definition) is 6. The van der Waals surface area contributed by atoms with E-state index in [2.05, 4.69) is 221 Å². The molecule has 16 rings (SSSR count). The SMILES string of the molecule is CC12SC3C(c4ccc(C5=CCCC6C5SC5c7c(c8ccccc8n7C7=CC=CCC7)C=CC56)cc4CC4N=C(C5=CC=CCC5)N=C(C5CC=CCC5)N4)=CC=CC3C1C=CC1=C2N(c2ccccc2)C2=CCCCC21. The van der Waals surface area contributed by atoms with Gasteiger partial charge < -0.3 is 14.8 Å².